The molecule has 128 valence electrons. The third-order valence-corrected chi connectivity index (χ3v) is 3.62. The van der Waals surface area contributed by atoms with Crippen LogP contribution in [0.5, 0.6) is 0 Å². The lowest BCUT2D eigenvalue weighted by Crippen LogP contribution is -2.48. The van der Waals surface area contributed by atoms with Gasteiger partial charge < -0.3 is 9.74 Å². The quantitative estimate of drug-likeness (QED) is 0.833. The van der Waals surface area contributed by atoms with Crippen LogP contribution in [0.4, 0.5) is 18.9 Å². The summed E-state index contributed by atoms with van der Waals surface area (Å²) in [4.78, 5) is 19.1. The standard InChI is InChI=1S/C16H21F3N2O2/c1-15(2,3)14(22)23-21-10-8-20(9-11-21)13-6-4-12(5-7-13)16(17,18)19/h4-7H,8-11H2,1-3H3. The number of nitrogens with zero attached hydrogens (tertiary/aromatic N) is 2. The fourth-order valence-corrected chi connectivity index (χ4v) is 2.15. The lowest BCUT2D eigenvalue weighted by molar-refractivity contribution is -0.201. The number of hydroxylamine groups is 2. The van der Waals surface area contributed by atoms with E-state index in [9.17, 15) is 18.0 Å². The van der Waals surface area contributed by atoms with Crippen LogP contribution in [0.1, 0.15) is 26.3 Å². The highest BCUT2D eigenvalue weighted by Gasteiger charge is 2.31. The highest BCUT2D eigenvalue weighted by molar-refractivity contribution is 5.75. The van der Waals surface area contributed by atoms with Crippen molar-refractivity contribution in [1.82, 2.24) is 5.06 Å². The molecule has 0 spiro atoms. The summed E-state index contributed by atoms with van der Waals surface area (Å²) in [6, 6.07) is 5.11. The van der Waals surface area contributed by atoms with Gasteiger partial charge in [0.2, 0.25) is 0 Å². The first-order chi connectivity index (χ1) is 10.6. The third kappa shape index (κ3) is 4.60. The van der Waals surface area contributed by atoms with Gasteiger partial charge >= 0.3 is 12.1 Å². The number of benzene rings is 1. The summed E-state index contributed by atoms with van der Waals surface area (Å²) in [7, 11) is 0. The van der Waals surface area contributed by atoms with Crippen molar-refractivity contribution in [3.8, 4) is 0 Å². The number of hydrogen-bond donors (Lipinski definition) is 0. The highest BCUT2D eigenvalue weighted by Crippen LogP contribution is 2.30. The minimum atomic E-state index is -4.32. The van der Waals surface area contributed by atoms with E-state index in [1.807, 2.05) is 4.90 Å². The molecule has 0 N–H and O–H groups in total. The summed E-state index contributed by atoms with van der Waals surface area (Å²) in [5, 5.41) is 1.61. The summed E-state index contributed by atoms with van der Waals surface area (Å²) in [6.45, 7) is 7.56. The summed E-state index contributed by atoms with van der Waals surface area (Å²) in [5.74, 6) is -0.291. The van der Waals surface area contributed by atoms with Gasteiger partial charge in [-0.1, -0.05) is 0 Å². The van der Waals surface area contributed by atoms with Crippen LogP contribution < -0.4 is 4.90 Å². The molecule has 0 amide bonds. The Morgan fingerprint density at radius 2 is 1.52 bits per heavy atom. The predicted octanol–water partition coefficient (Wildman–Crippen LogP) is 3.33. The first-order valence-corrected chi connectivity index (χ1v) is 7.47. The SMILES string of the molecule is CC(C)(C)C(=O)ON1CCN(c2ccc(C(F)(F)F)cc2)CC1. The maximum atomic E-state index is 12.6. The zero-order valence-corrected chi connectivity index (χ0v) is 13.5. The van der Waals surface area contributed by atoms with Gasteiger partial charge in [-0.3, -0.25) is 0 Å². The normalized spacial score (nSPS) is 17.2. The fourth-order valence-electron chi connectivity index (χ4n) is 2.15. The smallest absolute Gasteiger partial charge is 0.369 e. The molecule has 7 heteroatoms. The molecule has 0 atom stereocenters. The summed E-state index contributed by atoms with van der Waals surface area (Å²) >= 11 is 0. The first-order valence-electron chi connectivity index (χ1n) is 7.47. The topological polar surface area (TPSA) is 32.8 Å². The molecular formula is C16H21F3N2O2. The maximum absolute atomic E-state index is 12.6. The van der Waals surface area contributed by atoms with Crippen molar-refractivity contribution in [1.29, 1.82) is 0 Å². The van der Waals surface area contributed by atoms with Crippen LogP contribution in [0.2, 0.25) is 0 Å². The van der Waals surface area contributed by atoms with Crippen LogP contribution in [-0.2, 0) is 15.8 Å². The number of carbonyl (C=O) groups is 1. The molecule has 1 aliphatic heterocycles. The number of halogens is 3. The minimum Gasteiger partial charge on any atom is -0.369 e. The van der Waals surface area contributed by atoms with E-state index in [2.05, 4.69) is 0 Å². The number of piperazine rings is 1. The van der Waals surface area contributed by atoms with Gasteiger partial charge in [-0.25, -0.2) is 4.79 Å². The van der Waals surface area contributed by atoms with Crippen molar-refractivity contribution in [2.24, 2.45) is 5.41 Å². The van der Waals surface area contributed by atoms with E-state index in [0.717, 1.165) is 17.8 Å². The van der Waals surface area contributed by atoms with Gasteiger partial charge in [0.25, 0.3) is 0 Å². The molecule has 0 bridgehead atoms. The molecule has 1 heterocycles. The van der Waals surface area contributed by atoms with Crippen LogP contribution >= 0.6 is 0 Å². The summed E-state index contributed by atoms with van der Waals surface area (Å²) < 4.78 is 37.7. The van der Waals surface area contributed by atoms with Crippen LogP contribution in [0.3, 0.4) is 0 Å². The molecule has 23 heavy (non-hydrogen) atoms. The minimum absolute atomic E-state index is 0.291. The van der Waals surface area contributed by atoms with E-state index in [1.165, 1.54) is 12.1 Å². The van der Waals surface area contributed by atoms with Crippen LogP contribution in [-0.4, -0.2) is 37.2 Å². The van der Waals surface area contributed by atoms with Crippen LogP contribution in [0.15, 0.2) is 24.3 Å². The van der Waals surface area contributed by atoms with Gasteiger partial charge in [-0.15, -0.1) is 5.06 Å². The van der Waals surface area contributed by atoms with Crippen molar-refractivity contribution in [2.45, 2.75) is 26.9 Å². The second-order valence-electron chi connectivity index (χ2n) is 6.59. The average Bonchev–Trinajstić information content (AvgIpc) is 2.46. The zero-order valence-electron chi connectivity index (χ0n) is 13.5. The van der Waals surface area contributed by atoms with E-state index in [0.29, 0.717) is 26.2 Å². The number of rotatable bonds is 2. The summed E-state index contributed by atoms with van der Waals surface area (Å²) in [6.07, 6.45) is -4.32. The Morgan fingerprint density at radius 3 is 1.96 bits per heavy atom. The molecular weight excluding hydrogens is 309 g/mol. The molecule has 4 nitrogen and oxygen atoms in total. The van der Waals surface area contributed by atoms with Crippen molar-refractivity contribution < 1.29 is 22.8 Å². The molecule has 0 aromatic heterocycles. The lowest BCUT2D eigenvalue weighted by Gasteiger charge is -2.35. The van der Waals surface area contributed by atoms with E-state index in [1.54, 1.807) is 25.8 Å². The number of anilines is 1. The fraction of sp³-hybridized carbons (Fsp3) is 0.562. The van der Waals surface area contributed by atoms with E-state index >= 15 is 0 Å². The van der Waals surface area contributed by atoms with Gasteiger partial charge in [0.1, 0.15) is 0 Å². The van der Waals surface area contributed by atoms with Crippen molar-refractivity contribution >= 4 is 11.7 Å². The number of alkyl halides is 3. The molecule has 1 saturated heterocycles. The Hall–Kier alpha value is -1.76. The zero-order chi connectivity index (χ0) is 17.3. The highest BCUT2D eigenvalue weighted by atomic mass is 19.4. The Morgan fingerprint density at radius 1 is 1.00 bits per heavy atom. The largest absolute Gasteiger partial charge is 0.416 e. The van der Waals surface area contributed by atoms with Crippen molar-refractivity contribution in [2.75, 3.05) is 31.1 Å². The van der Waals surface area contributed by atoms with E-state index in [-0.39, 0.29) is 5.97 Å². The van der Waals surface area contributed by atoms with E-state index in [4.69, 9.17) is 4.84 Å². The Bertz CT molecular complexity index is 542. The average molecular weight is 330 g/mol. The third-order valence-electron chi connectivity index (χ3n) is 3.62. The van der Waals surface area contributed by atoms with Gasteiger partial charge in [-0.05, 0) is 45.0 Å². The monoisotopic (exact) mass is 330 g/mol. The Labute approximate surface area is 133 Å². The predicted molar refractivity (Wildman–Crippen MR) is 80.8 cm³/mol. The molecule has 2 rings (SSSR count). The molecule has 0 saturated carbocycles. The second kappa shape index (κ2) is 6.39. The van der Waals surface area contributed by atoms with E-state index < -0.39 is 17.2 Å². The van der Waals surface area contributed by atoms with Crippen molar-refractivity contribution in [3.63, 3.8) is 0 Å². The van der Waals surface area contributed by atoms with Gasteiger partial charge in [-0.2, -0.15) is 13.2 Å². The maximum Gasteiger partial charge on any atom is 0.416 e. The van der Waals surface area contributed by atoms with Gasteiger partial charge in [0.05, 0.1) is 24.1 Å². The van der Waals surface area contributed by atoms with Crippen molar-refractivity contribution in [3.05, 3.63) is 29.8 Å². The van der Waals surface area contributed by atoms with Gasteiger partial charge in [0, 0.05) is 18.8 Å². The van der Waals surface area contributed by atoms with Gasteiger partial charge in [0.15, 0.2) is 0 Å². The molecule has 1 aromatic carbocycles. The second-order valence-corrected chi connectivity index (χ2v) is 6.59. The molecule has 1 aromatic rings. The Kier molecular flexibility index (Phi) is 4.89. The number of hydrogen-bond acceptors (Lipinski definition) is 4. The molecule has 1 fully saturated rings. The molecule has 1 aliphatic rings. The van der Waals surface area contributed by atoms with Crippen LogP contribution in [0.25, 0.3) is 0 Å². The molecule has 0 unspecified atom stereocenters. The lowest BCUT2D eigenvalue weighted by atomic mass is 9.98. The van der Waals surface area contributed by atoms with Crippen LogP contribution in [0, 0.1) is 5.41 Å². The first kappa shape index (κ1) is 17.6. The Balaban J connectivity index is 1.91. The number of carbonyl (C=O) groups excluding carboxylic acids is 1. The summed E-state index contributed by atoms with van der Waals surface area (Å²) in [5.41, 5.74) is -0.483. The molecule has 0 radical (unpaired) electrons. The molecule has 0 aliphatic carbocycles.